The molecule has 1 aromatic carbocycles. The molecule has 1 N–H and O–H groups in total. The van der Waals surface area contributed by atoms with Crippen LogP contribution in [0.5, 0.6) is 5.75 Å². The average molecular weight is 436 g/mol. The van der Waals surface area contributed by atoms with Crippen LogP contribution in [-0.2, 0) is 9.59 Å². The first-order valence-electron chi connectivity index (χ1n) is 10.2. The van der Waals surface area contributed by atoms with Crippen molar-refractivity contribution < 1.29 is 19.4 Å². The Bertz CT molecular complexity index is 746. The molecule has 0 aliphatic carbocycles. The van der Waals surface area contributed by atoms with Gasteiger partial charge in [0.1, 0.15) is 16.1 Å². The summed E-state index contributed by atoms with van der Waals surface area (Å²) in [5.74, 6) is -0.588. The van der Waals surface area contributed by atoms with Crippen molar-refractivity contribution in [3.63, 3.8) is 0 Å². The third-order valence-electron chi connectivity index (χ3n) is 4.75. The predicted octanol–water partition coefficient (Wildman–Crippen LogP) is 5.49. The lowest BCUT2D eigenvalue weighted by Crippen LogP contribution is -2.43. The number of hydrogen-bond acceptors (Lipinski definition) is 5. The molecule has 5 nitrogen and oxygen atoms in total. The molecule has 1 aliphatic heterocycles. The number of thioether (sulfide) groups is 1. The van der Waals surface area contributed by atoms with E-state index in [2.05, 4.69) is 6.92 Å². The highest BCUT2D eigenvalue weighted by Gasteiger charge is 2.39. The third kappa shape index (κ3) is 6.85. The number of carboxylic acids is 1. The van der Waals surface area contributed by atoms with Gasteiger partial charge in [-0.15, -0.1) is 0 Å². The fourth-order valence-electron chi connectivity index (χ4n) is 3.10. The van der Waals surface area contributed by atoms with Crippen LogP contribution in [0.1, 0.15) is 64.4 Å². The summed E-state index contributed by atoms with van der Waals surface area (Å²) in [6, 6.07) is 6.62. The maximum Gasteiger partial charge on any atom is 0.326 e. The highest BCUT2D eigenvalue weighted by Crippen LogP contribution is 2.34. The van der Waals surface area contributed by atoms with Gasteiger partial charge in [-0.25, -0.2) is 4.79 Å². The largest absolute Gasteiger partial charge is 0.494 e. The Hall–Kier alpha value is -1.86. The normalized spacial score (nSPS) is 16.5. The van der Waals surface area contributed by atoms with Crippen LogP contribution in [0.2, 0.25) is 0 Å². The second-order valence-electron chi connectivity index (χ2n) is 7.00. The molecule has 1 aliphatic rings. The van der Waals surface area contributed by atoms with E-state index in [4.69, 9.17) is 17.0 Å². The maximum absolute atomic E-state index is 12.6. The van der Waals surface area contributed by atoms with E-state index in [1.165, 1.54) is 37.0 Å². The van der Waals surface area contributed by atoms with Crippen molar-refractivity contribution in [2.45, 2.75) is 64.8 Å². The molecule has 7 heteroatoms. The standard InChI is InChI=1S/C22H29NO4S2/c1-3-5-6-7-8-9-14-27-17-12-10-16(11-13-17)15-19-20(24)23(22(28)29-19)18(4-2)21(25)26/h10-13,15,18H,3-9,14H2,1-2H3,(H,25,26)/b19-15-/t18-/m1/s1. The monoisotopic (exact) mass is 435 g/mol. The number of thiocarbonyl (C=S) groups is 1. The van der Waals surface area contributed by atoms with Crippen LogP contribution in [0, 0.1) is 0 Å². The average Bonchev–Trinajstić information content (AvgIpc) is 2.97. The number of ether oxygens (including phenoxy) is 1. The van der Waals surface area contributed by atoms with Gasteiger partial charge >= 0.3 is 5.97 Å². The minimum absolute atomic E-state index is 0.286. The van der Waals surface area contributed by atoms with E-state index in [0.717, 1.165) is 29.5 Å². The van der Waals surface area contributed by atoms with Crippen molar-refractivity contribution in [3.05, 3.63) is 34.7 Å². The lowest BCUT2D eigenvalue weighted by Gasteiger charge is -2.21. The molecule has 0 unspecified atom stereocenters. The Morgan fingerprint density at radius 1 is 1.17 bits per heavy atom. The first-order valence-corrected chi connectivity index (χ1v) is 11.4. The summed E-state index contributed by atoms with van der Waals surface area (Å²) in [6.07, 6.45) is 9.40. The molecule has 1 atom stereocenters. The van der Waals surface area contributed by atoms with E-state index < -0.39 is 12.0 Å². The minimum Gasteiger partial charge on any atom is -0.494 e. The van der Waals surface area contributed by atoms with Crippen LogP contribution in [0.4, 0.5) is 0 Å². The Morgan fingerprint density at radius 3 is 2.45 bits per heavy atom. The molecule has 0 aromatic heterocycles. The summed E-state index contributed by atoms with van der Waals surface area (Å²) in [6.45, 7) is 4.65. The molecular weight excluding hydrogens is 406 g/mol. The van der Waals surface area contributed by atoms with Crippen LogP contribution < -0.4 is 4.74 Å². The first-order chi connectivity index (χ1) is 14.0. The van der Waals surface area contributed by atoms with Crippen LogP contribution >= 0.6 is 24.0 Å². The zero-order valence-corrected chi connectivity index (χ0v) is 18.7. The molecule has 1 heterocycles. The van der Waals surface area contributed by atoms with Gasteiger partial charge in [0.25, 0.3) is 5.91 Å². The Balaban J connectivity index is 1.90. The lowest BCUT2D eigenvalue weighted by molar-refractivity contribution is -0.145. The van der Waals surface area contributed by atoms with Gasteiger partial charge in [-0.1, -0.05) is 82.1 Å². The summed E-state index contributed by atoms with van der Waals surface area (Å²) in [7, 11) is 0. The van der Waals surface area contributed by atoms with Gasteiger partial charge in [0.05, 0.1) is 11.5 Å². The highest BCUT2D eigenvalue weighted by molar-refractivity contribution is 8.26. The SMILES string of the molecule is CCCCCCCCOc1ccc(/C=C2\SC(=S)N([C@H](CC)C(=O)O)C2=O)cc1. The van der Waals surface area contributed by atoms with Crippen molar-refractivity contribution >= 4 is 46.3 Å². The molecule has 0 spiro atoms. The third-order valence-corrected chi connectivity index (χ3v) is 6.08. The van der Waals surface area contributed by atoms with E-state index >= 15 is 0 Å². The zero-order valence-electron chi connectivity index (χ0n) is 17.1. The molecule has 0 saturated carbocycles. The molecule has 0 bridgehead atoms. The minimum atomic E-state index is -1.04. The fourth-order valence-corrected chi connectivity index (χ4v) is 4.46. The number of rotatable bonds is 12. The Kier molecular flexibility index (Phi) is 9.67. The molecule has 29 heavy (non-hydrogen) atoms. The molecular formula is C22H29NO4S2. The first kappa shape index (κ1) is 23.4. The van der Waals surface area contributed by atoms with E-state index in [1.54, 1.807) is 13.0 Å². The number of unbranched alkanes of at least 4 members (excludes halogenated alkanes) is 5. The van der Waals surface area contributed by atoms with Crippen molar-refractivity contribution in [1.29, 1.82) is 0 Å². The molecule has 1 fully saturated rings. The van der Waals surface area contributed by atoms with Gasteiger partial charge in [0.2, 0.25) is 0 Å². The molecule has 2 rings (SSSR count). The van der Waals surface area contributed by atoms with E-state index in [9.17, 15) is 14.7 Å². The van der Waals surface area contributed by atoms with Gasteiger partial charge in [-0.2, -0.15) is 0 Å². The number of benzene rings is 1. The van der Waals surface area contributed by atoms with Crippen LogP contribution in [0.15, 0.2) is 29.2 Å². The smallest absolute Gasteiger partial charge is 0.326 e. The molecule has 158 valence electrons. The summed E-state index contributed by atoms with van der Waals surface area (Å²) in [5, 5.41) is 9.32. The molecule has 0 radical (unpaired) electrons. The Labute approximate surface area is 182 Å². The number of amides is 1. The number of aliphatic carboxylic acids is 1. The van der Waals surface area contributed by atoms with Crippen molar-refractivity contribution in [2.24, 2.45) is 0 Å². The quantitative estimate of drug-likeness (QED) is 0.266. The van der Waals surface area contributed by atoms with Gasteiger partial charge in [-0.05, 0) is 36.6 Å². The van der Waals surface area contributed by atoms with Crippen molar-refractivity contribution in [2.75, 3.05) is 6.61 Å². The summed E-state index contributed by atoms with van der Waals surface area (Å²) in [4.78, 5) is 25.7. The summed E-state index contributed by atoms with van der Waals surface area (Å²) >= 11 is 6.37. The summed E-state index contributed by atoms with van der Waals surface area (Å²) in [5.41, 5.74) is 0.848. The molecule has 1 saturated heterocycles. The second-order valence-corrected chi connectivity index (χ2v) is 8.68. The van der Waals surface area contributed by atoms with Gasteiger partial charge in [0.15, 0.2) is 0 Å². The topological polar surface area (TPSA) is 66.8 Å². The van der Waals surface area contributed by atoms with Gasteiger partial charge in [0, 0.05) is 0 Å². The highest BCUT2D eigenvalue weighted by atomic mass is 32.2. The lowest BCUT2D eigenvalue weighted by atomic mass is 10.1. The fraction of sp³-hybridized carbons (Fsp3) is 0.500. The van der Waals surface area contributed by atoms with Gasteiger partial charge < -0.3 is 9.84 Å². The second kappa shape index (κ2) is 12.0. The zero-order chi connectivity index (χ0) is 21.2. The van der Waals surface area contributed by atoms with E-state index in [1.807, 2.05) is 24.3 Å². The predicted molar refractivity (Wildman–Crippen MR) is 122 cm³/mol. The maximum atomic E-state index is 12.6. The van der Waals surface area contributed by atoms with Crippen LogP contribution in [0.3, 0.4) is 0 Å². The number of hydrogen-bond donors (Lipinski definition) is 1. The van der Waals surface area contributed by atoms with Gasteiger partial charge in [-0.3, -0.25) is 9.69 Å². The Morgan fingerprint density at radius 2 is 1.83 bits per heavy atom. The van der Waals surface area contributed by atoms with Crippen LogP contribution in [-0.4, -0.2) is 38.9 Å². The molecule has 1 amide bonds. The van der Waals surface area contributed by atoms with E-state index in [0.29, 0.717) is 17.9 Å². The van der Waals surface area contributed by atoms with Crippen molar-refractivity contribution in [3.8, 4) is 5.75 Å². The number of nitrogens with zero attached hydrogens (tertiary/aromatic N) is 1. The van der Waals surface area contributed by atoms with Crippen molar-refractivity contribution in [1.82, 2.24) is 4.90 Å². The van der Waals surface area contributed by atoms with E-state index in [-0.39, 0.29) is 10.2 Å². The number of carboxylic acid groups (broad SMARTS) is 1. The summed E-state index contributed by atoms with van der Waals surface area (Å²) < 4.78 is 6.06. The molecule has 1 aromatic rings. The number of carbonyl (C=O) groups excluding carboxylic acids is 1. The number of carbonyl (C=O) groups is 2. The van der Waals surface area contributed by atoms with Crippen LogP contribution in [0.25, 0.3) is 6.08 Å².